The number of aryl methyl sites for hydroxylation is 2. The molecule has 4 nitrogen and oxygen atoms in total. The molecule has 3 heterocycles. The minimum atomic E-state index is -2.20. The molecule has 2 N–H and O–H groups in total. The van der Waals surface area contributed by atoms with Crippen LogP contribution in [0.15, 0.2) is 12.1 Å². The first kappa shape index (κ1) is 20.5. The Morgan fingerprint density at radius 2 is 2.07 bits per heavy atom. The summed E-state index contributed by atoms with van der Waals surface area (Å²) < 4.78 is 25.2. The molecule has 1 fully saturated rings. The number of hydrogen-bond acceptors (Lipinski definition) is 4. The van der Waals surface area contributed by atoms with Crippen molar-refractivity contribution in [2.24, 2.45) is 5.92 Å². The van der Waals surface area contributed by atoms with E-state index in [1.165, 1.54) is 18.4 Å². The molecule has 1 atom stereocenters. The maximum atomic E-state index is 12.6. The first-order valence-corrected chi connectivity index (χ1v) is 10.6. The summed E-state index contributed by atoms with van der Waals surface area (Å²) >= 11 is 0. The van der Waals surface area contributed by atoms with Crippen LogP contribution >= 0.6 is 0 Å². The van der Waals surface area contributed by atoms with Crippen molar-refractivity contribution in [1.29, 1.82) is 0 Å². The second kappa shape index (κ2) is 10.9. The van der Waals surface area contributed by atoms with Crippen LogP contribution in [-0.4, -0.2) is 55.6 Å². The van der Waals surface area contributed by atoms with Gasteiger partial charge in [0.1, 0.15) is 5.82 Å². The van der Waals surface area contributed by atoms with Gasteiger partial charge < -0.3 is 15.5 Å². The molecule has 152 valence electrons. The fourth-order valence-corrected chi connectivity index (χ4v) is 4.14. The lowest BCUT2D eigenvalue weighted by atomic mass is 10.1. The third-order valence-corrected chi connectivity index (χ3v) is 5.70. The van der Waals surface area contributed by atoms with Crippen molar-refractivity contribution in [3.63, 3.8) is 0 Å². The van der Waals surface area contributed by atoms with Gasteiger partial charge >= 0.3 is 0 Å². The number of anilines is 1. The second-order valence-corrected chi connectivity index (χ2v) is 7.99. The van der Waals surface area contributed by atoms with Crippen LogP contribution < -0.4 is 10.6 Å². The molecule has 3 rings (SSSR count). The molecule has 27 heavy (non-hydrogen) atoms. The van der Waals surface area contributed by atoms with Gasteiger partial charge in [0, 0.05) is 31.7 Å². The average Bonchev–Trinajstić information content (AvgIpc) is 3.18. The summed E-state index contributed by atoms with van der Waals surface area (Å²) in [6.45, 7) is 5.53. The highest BCUT2D eigenvalue weighted by molar-refractivity contribution is 5.46. The number of aromatic nitrogens is 1. The van der Waals surface area contributed by atoms with Crippen LogP contribution in [-0.2, 0) is 12.8 Å². The number of unbranched alkanes of at least 4 members (excludes halogenated alkanes) is 2. The molecule has 0 spiro atoms. The van der Waals surface area contributed by atoms with E-state index in [4.69, 9.17) is 4.98 Å². The standard InChI is InChI=1S/C21H34F2N4/c22-20(23)10-14-27(16-17-9-12-24-15-17)13-3-1-2-6-19-8-7-18-5-4-11-25-21(18)26-19/h7-8,17,20,24H,1-6,9-16H2,(H,25,26)/t17-/m1/s1. The Hall–Kier alpha value is -1.27. The highest BCUT2D eigenvalue weighted by Gasteiger charge is 2.19. The lowest BCUT2D eigenvalue weighted by molar-refractivity contribution is 0.111. The molecule has 0 aliphatic carbocycles. The zero-order valence-corrected chi connectivity index (χ0v) is 16.4. The van der Waals surface area contributed by atoms with Crippen molar-refractivity contribution in [2.45, 2.75) is 57.8 Å². The number of hydrogen-bond donors (Lipinski definition) is 2. The molecule has 0 aromatic carbocycles. The topological polar surface area (TPSA) is 40.2 Å². The Kier molecular flexibility index (Phi) is 8.27. The molecule has 0 bridgehead atoms. The van der Waals surface area contributed by atoms with Crippen LogP contribution in [0, 0.1) is 5.92 Å². The SMILES string of the molecule is FC(F)CCN(CCCCCc1ccc2c(n1)NCCC2)C[C@@H]1CCNC1. The number of fused-ring (bicyclic) bond motifs is 1. The second-order valence-electron chi connectivity index (χ2n) is 7.99. The summed E-state index contributed by atoms with van der Waals surface area (Å²) in [6.07, 6.45) is 5.59. The van der Waals surface area contributed by atoms with Gasteiger partial charge in [-0.05, 0) is 75.7 Å². The van der Waals surface area contributed by atoms with Crippen LogP contribution in [0.1, 0.15) is 49.8 Å². The normalized spacial score (nSPS) is 19.5. The van der Waals surface area contributed by atoms with E-state index >= 15 is 0 Å². The fraction of sp³-hybridized carbons (Fsp3) is 0.762. The third kappa shape index (κ3) is 7.00. The molecule has 1 aromatic rings. The minimum absolute atomic E-state index is 0.00774. The summed E-state index contributed by atoms with van der Waals surface area (Å²) in [7, 11) is 0. The molecule has 0 saturated carbocycles. The van der Waals surface area contributed by atoms with E-state index in [2.05, 4.69) is 27.7 Å². The van der Waals surface area contributed by atoms with Gasteiger partial charge in [-0.2, -0.15) is 0 Å². The first-order valence-electron chi connectivity index (χ1n) is 10.6. The van der Waals surface area contributed by atoms with Gasteiger partial charge in [0.25, 0.3) is 0 Å². The Labute approximate surface area is 162 Å². The van der Waals surface area contributed by atoms with Gasteiger partial charge in [-0.3, -0.25) is 0 Å². The van der Waals surface area contributed by atoms with Gasteiger partial charge in [-0.1, -0.05) is 12.5 Å². The molecule has 6 heteroatoms. The molecular formula is C21H34F2N4. The van der Waals surface area contributed by atoms with Crippen LogP contribution in [0.4, 0.5) is 14.6 Å². The predicted molar refractivity (Wildman–Crippen MR) is 107 cm³/mol. The van der Waals surface area contributed by atoms with Gasteiger partial charge in [0.15, 0.2) is 0 Å². The largest absolute Gasteiger partial charge is 0.370 e. The van der Waals surface area contributed by atoms with E-state index in [1.807, 2.05) is 0 Å². The quantitative estimate of drug-likeness (QED) is 0.574. The molecule has 2 aliphatic heterocycles. The number of alkyl halides is 2. The van der Waals surface area contributed by atoms with Crippen molar-refractivity contribution in [3.8, 4) is 0 Å². The lowest BCUT2D eigenvalue weighted by Crippen LogP contribution is -2.33. The van der Waals surface area contributed by atoms with E-state index in [1.54, 1.807) is 0 Å². The fourth-order valence-electron chi connectivity index (χ4n) is 4.14. The first-order chi connectivity index (χ1) is 13.2. The van der Waals surface area contributed by atoms with E-state index in [-0.39, 0.29) is 6.42 Å². The number of nitrogens with zero attached hydrogens (tertiary/aromatic N) is 2. The van der Waals surface area contributed by atoms with Gasteiger partial charge in [-0.15, -0.1) is 0 Å². The van der Waals surface area contributed by atoms with Crippen LogP contribution in [0.2, 0.25) is 0 Å². The molecular weight excluding hydrogens is 346 g/mol. The highest BCUT2D eigenvalue weighted by Crippen LogP contribution is 2.20. The zero-order valence-electron chi connectivity index (χ0n) is 16.4. The summed E-state index contributed by atoms with van der Waals surface area (Å²) in [5, 5.41) is 6.76. The monoisotopic (exact) mass is 380 g/mol. The maximum Gasteiger partial charge on any atom is 0.239 e. The van der Waals surface area contributed by atoms with Gasteiger partial charge in [-0.25, -0.2) is 13.8 Å². The van der Waals surface area contributed by atoms with Gasteiger partial charge in [0.05, 0.1) is 0 Å². The van der Waals surface area contributed by atoms with E-state index in [0.29, 0.717) is 12.5 Å². The summed E-state index contributed by atoms with van der Waals surface area (Å²) in [6, 6.07) is 4.37. The Bertz CT molecular complexity index is 561. The Morgan fingerprint density at radius 1 is 1.15 bits per heavy atom. The average molecular weight is 381 g/mol. The summed E-state index contributed by atoms with van der Waals surface area (Å²) in [4.78, 5) is 7.01. The van der Waals surface area contributed by atoms with Crippen molar-refractivity contribution in [2.75, 3.05) is 44.6 Å². The van der Waals surface area contributed by atoms with Crippen LogP contribution in [0.3, 0.4) is 0 Å². The molecule has 1 saturated heterocycles. The van der Waals surface area contributed by atoms with Gasteiger partial charge in [0.2, 0.25) is 6.43 Å². The summed E-state index contributed by atoms with van der Waals surface area (Å²) in [5.41, 5.74) is 2.50. The number of rotatable bonds is 11. The molecule has 2 aliphatic rings. The zero-order chi connectivity index (χ0) is 18.9. The van der Waals surface area contributed by atoms with Crippen molar-refractivity contribution >= 4 is 5.82 Å². The highest BCUT2D eigenvalue weighted by atomic mass is 19.3. The van der Waals surface area contributed by atoms with E-state index in [9.17, 15) is 8.78 Å². The van der Waals surface area contributed by atoms with Crippen LogP contribution in [0.5, 0.6) is 0 Å². The minimum Gasteiger partial charge on any atom is -0.370 e. The van der Waals surface area contributed by atoms with Crippen molar-refractivity contribution in [1.82, 2.24) is 15.2 Å². The maximum absolute atomic E-state index is 12.6. The molecule has 0 amide bonds. The number of halogens is 2. The van der Waals surface area contributed by atoms with E-state index < -0.39 is 6.43 Å². The lowest BCUT2D eigenvalue weighted by Gasteiger charge is -2.25. The Morgan fingerprint density at radius 3 is 2.89 bits per heavy atom. The predicted octanol–water partition coefficient (Wildman–Crippen LogP) is 3.72. The Balaban J connectivity index is 1.36. The number of pyridine rings is 1. The molecule has 0 unspecified atom stereocenters. The third-order valence-electron chi connectivity index (χ3n) is 5.70. The summed E-state index contributed by atoms with van der Waals surface area (Å²) in [5.74, 6) is 1.69. The van der Waals surface area contributed by atoms with Crippen LogP contribution in [0.25, 0.3) is 0 Å². The van der Waals surface area contributed by atoms with Crippen molar-refractivity contribution in [3.05, 3.63) is 23.4 Å². The number of nitrogens with one attached hydrogen (secondary N) is 2. The molecule has 0 radical (unpaired) electrons. The molecule has 1 aromatic heterocycles. The van der Waals surface area contributed by atoms with Crippen molar-refractivity contribution < 1.29 is 8.78 Å². The van der Waals surface area contributed by atoms with E-state index in [0.717, 1.165) is 76.3 Å². The smallest absolute Gasteiger partial charge is 0.239 e.